The van der Waals surface area contributed by atoms with Gasteiger partial charge < -0.3 is 15.6 Å². The van der Waals surface area contributed by atoms with Crippen molar-refractivity contribution >= 4 is 0 Å². The summed E-state index contributed by atoms with van der Waals surface area (Å²) in [5.74, 6) is 0.532. The van der Waals surface area contributed by atoms with E-state index in [2.05, 4.69) is 17.1 Å². The number of hydrogen-bond donors (Lipinski definition) is 2. The Morgan fingerprint density at radius 3 is 2.58 bits per heavy atom. The van der Waals surface area contributed by atoms with Crippen LogP contribution in [0.25, 0.3) is 0 Å². The lowest BCUT2D eigenvalue weighted by molar-refractivity contribution is 0.0845. The Balaban J connectivity index is 0.000000861. The van der Waals surface area contributed by atoms with Crippen LogP contribution in [0.4, 0.5) is 0 Å². The van der Waals surface area contributed by atoms with Gasteiger partial charge in [-0.3, -0.25) is 4.98 Å². The van der Waals surface area contributed by atoms with Crippen molar-refractivity contribution in [3.8, 4) is 0 Å². The Morgan fingerprint density at radius 1 is 1.37 bits per heavy atom. The van der Waals surface area contributed by atoms with Crippen LogP contribution in [-0.2, 0) is 11.2 Å². The Morgan fingerprint density at radius 2 is 2.05 bits per heavy atom. The fourth-order valence-corrected chi connectivity index (χ4v) is 2.16. The highest BCUT2D eigenvalue weighted by Gasteiger charge is 2.16. The van der Waals surface area contributed by atoms with E-state index in [1.165, 1.54) is 0 Å². The molecule has 1 aromatic rings. The molecule has 0 saturated carbocycles. The molecule has 0 bridgehead atoms. The standard InChI is InChI=1S/C13H20N2O2.C2H6/c14-12(9-16)7-10-1-2-13(15-8-10)11-3-5-17-6-4-11;1-2/h1-2,8,11-12,16H,3-7,9,14H2;1-2H3. The first-order chi connectivity index (χ1) is 9.29. The van der Waals surface area contributed by atoms with Crippen molar-refractivity contribution in [2.45, 2.75) is 45.1 Å². The molecule has 1 aromatic heterocycles. The van der Waals surface area contributed by atoms with Gasteiger partial charge in [-0.05, 0) is 30.9 Å². The van der Waals surface area contributed by atoms with Gasteiger partial charge in [0.05, 0.1) is 6.61 Å². The maximum absolute atomic E-state index is 8.90. The van der Waals surface area contributed by atoms with Crippen molar-refractivity contribution in [3.05, 3.63) is 29.6 Å². The third-order valence-corrected chi connectivity index (χ3v) is 3.22. The first kappa shape index (κ1) is 16.1. The van der Waals surface area contributed by atoms with Gasteiger partial charge in [-0.2, -0.15) is 0 Å². The predicted octanol–water partition coefficient (Wildman–Crippen LogP) is 1.86. The van der Waals surface area contributed by atoms with Gasteiger partial charge in [0.1, 0.15) is 0 Å². The molecule has 1 aliphatic heterocycles. The highest BCUT2D eigenvalue weighted by atomic mass is 16.5. The maximum Gasteiger partial charge on any atom is 0.0585 e. The molecule has 1 atom stereocenters. The smallest absolute Gasteiger partial charge is 0.0585 e. The monoisotopic (exact) mass is 266 g/mol. The molecular weight excluding hydrogens is 240 g/mol. The zero-order valence-corrected chi connectivity index (χ0v) is 12.0. The second-order valence-electron chi connectivity index (χ2n) is 4.62. The molecular formula is C15H26N2O2. The molecule has 1 fully saturated rings. The van der Waals surface area contributed by atoms with Gasteiger partial charge in [-0.25, -0.2) is 0 Å². The largest absolute Gasteiger partial charge is 0.395 e. The van der Waals surface area contributed by atoms with Gasteiger partial charge in [-0.15, -0.1) is 0 Å². The van der Waals surface area contributed by atoms with E-state index in [1.807, 2.05) is 20.0 Å². The first-order valence-corrected chi connectivity index (χ1v) is 7.18. The van der Waals surface area contributed by atoms with Gasteiger partial charge in [0.15, 0.2) is 0 Å². The minimum Gasteiger partial charge on any atom is -0.395 e. The quantitative estimate of drug-likeness (QED) is 0.873. The summed E-state index contributed by atoms with van der Waals surface area (Å²) >= 11 is 0. The Kier molecular flexibility index (Phi) is 7.63. The second-order valence-corrected chi connectivity index (χ2v) is 4.62. The van der Waals surface area contributed by atoms with E-state index in [9.17, 15) is 0 Å². The van der Waals surface area contributed by atoms with Crippen LogP contribution in [0.15, 0.2) is 18.3 Å². The molecule has 0 aromatic carbocycles. The Bertz CT molecular complexity index is 335. The molecule has 2 rings (SSSR count). The molecule has 0 spiro atoms. The number of aromatic nitrogens is 1. The summed E-state index contributed by atoms with van der Waals surface area (Å²) in [5.41, 5.74) is 7.92. The number of nitrogens with zero attached hydrogens (tertiary/aromatic N) is 1. The number of hydrogen-bond acceptors (Lipinski definition) is 4. The third-order valence-electron chi connectivity index (χ3n) is 3.22. The normalized spacial score (nSPS) is 17.5. The van der Waals surface area contributed by atoms with Crippen LogP contribution in [-0.4, -0.2) is 36.0 Å². The van der Waals surface area contributed by atoms with Crippen molar-refractivity contribution in [1.82, 2.24) is 4.98 Å². The van der Waals surface area contributed by atoms with E-state index < -0.39 is 0 Å². The van der Waals surface area contributed by atoms with Crippen molar-refractivity contribution in [2.75, 3.05) is 19.8 Å². The molecule has 1 saturated heterocycles. The molecule has 1 aliphatic rings. The molecule has 108 valence electrons. The first-order valence-electron chi connectivity index (χ1n) is 7.18. The van der Waals surface area contributed by atoms with Crippen molar-refractivity contribution in [2.24, 2.45) is 5.73 Å². The van der Waals surface area contributed by atoms with Crippen molar-refractivity contribution in [3.63, 3.8) is 0 Å². The van der Waals surface area contributed by atoms with Crippen LogP contribution in [0.1, 0.15) is 43.9 Å². The average Bonchev–Trinajstić information content (AvgIpc) is 2.51. The van der Waals surface area contributed by atoms with Gasteiger partial charge in [0.2, 0.25) is 0 Å². The predicted molar refractivity (Wildman–Crippen MR) is 77.1 cm³/mol. The van der Waals surface area contributed by atoms with Crippen LogP contribution < -0.4 is 5.73 Å². The number of aliphatic hydroxyl groups is 1. The van der Waals surface area contributed by atoms with Crippen LogP contribution >= 0.6 is 0 Å². The Labute approximate surface area is 116 Å². The summed E-state index contributed by atoms with van der Waals surface area (Å²) in [6.07, 6.45) is 4.67. The molecule has 4 nitrogen and oxygen atoms in total. The van der Waals surface area contributed by atoms with E-state index in [0.29, 0.717) is 12.3 Å². The van der Waals surface area contributed by atoms with Crippen molar-refractivity contribution < 1.29 is 9.84 Å². The lowest BCUT2D eigenvalue weighted by Crippen LogP contribution is -2.26. The fraction of sp³-hybridized carbons (Fsp3) is 0.667. The second kappa shape index (κ2) is 9.02. The van der Waals surface area contributed by atoms with Gasteiger partial charge in [-0.1, -0.05) is 19.9 Å². The number of rotatable bonds is 4. The molecule has 19 heavy (non-hydrogen) atoms. The van der Waals surface area contributed by atoms with E-state index in [1.54, 1.807) is 0 Å². The molecule has 3 N–H and O–H groups in total. The summed E-state index contributed by atoms with van der Waals surface area (Å²) in [4.78, 5) is 4.50. The van der Waals surface area contributed by atoms with Crippen LogP contribution in [0.5, 0.6) is 0 Å². The van der Waals surface area contributed by atoms with Crippen LogP contribution in [0, 0.1) is 0 Å². The third kappa shape index (κ3) is 5.27. The molecule has 0 aliphatic carbocycles. The highest BCUT2D eigenvalue weighted by Crippen LogP contribution is 2.25. The average molecular weight is 266 g/mol. The van der Waals surface area contributed by atoms with E-state index >= 15 is 0 Å². The number of pyridine rings is 1. The van der Waals surface area contributed by atoms with E-state index in [0.717, 1.165) is 37.3 Å². The molecule has 2 heterocycles. The lowest BCUT2D eigenvalue weighted by atomic mass is 9.95. The van der Waals surface area contributed by atoms with Crippen LogP contribution in [0.3, 0.4) is 0 Å². The topological polar surface area (TPSA) is 68.4 Å². The van der Waals surface area contributed by atoms with E-state index in [-0.39, 0.29) is 12.6 Å². The minimum atomic E-state index is -0.189. The molecule has 0 amide bonds. The number of nitrogens with two attached hydrogens (primary N) is 1. The summed E-state index contributed by atoms with van der Waals surface area (Å²) in [5, 5.41) is 8.90. The zero-order chi connectivity index (χ0) is 14.1. The Hall–Kier alpha value is -0.970. The van der Waals surface area contributed by atoms with E-state index in [4.69, 9.17) is 15.6 Å². The fourth-order valence-electron chi connectivity index (χ4n) is 2.16. The summed E-state index contributed by atoms with van der Waals surface area (Å²) in [6, 6.07) is 3.95. The molecule has 0 radical (unpaired) electrons. The summed E-state index contributed by atoms with van der Waals surface area (Å²) < 4.78 is 5.34. The zero-order valence-electron chi connectivity index (χ0n) is 12.0. The van der Waals surface area contributed by atoms with Gasteiger partial charge in [0.25, 0.3) is 0 Å². The maximum atomic E-state index is 8.90. The van der Waals surface area contributed by atoms with Gasteiger partial charge in [0, 0.05) is 37.1 Å². The number of aliphatic hydroxyl groups excluding tert-OH is 1. The molecule has 4 heteroatoms. The van der Waals surface area contributed by atoms with Crippen molar-refractivity contribution in [1.29, 1.82) is 0 Å². The minimum absolute atomic E-state index is 0.0156. The highest BCUT2D eigenvalue weighted by molar-refractivity contribution is 5.18. The molecule has 1 unspecified atom stereocenters. The van der Waals surface area contributed by atoms with Crippen LogP contribution in [0.2, 0.25) is 0 Å². The number of ether oxygens (including phenoxy) is 1. The summed E-state index contributed by atoms with van der Waals surface area (Å²) in [7, 11) is 0. The lowest BCUT2D eigenvalue weighted by Gasteiger charge is -2.21. The van der Waals surface area contributed by atoms with Gasteiger partial charge >= 0.3 is 0 Å². The summed E-state index contributed by atoms with van der Waals surface area (Å²) in [6.45, 7) is 5.69. The SMILES string of the molecule is CC.NC(CO)Cc1ccc(C2CCOCC2)nc1.